The molecule has 1 fully saturated rings. The maximum atomic E-state index is 3.44. The Morgan fingerprint density at radius 2 is 1.93 bits per heavy atom. The summed E-state index contributed by atoms with van der Waals surface area (Å²) < 4.78 is 3.44. The average Bonchev–Trinajstić information content (AvgIpc) is 3.14. The summed E-state index contributed by atoms with van der Waals surface area (Å²) in [7, 11) is 0. The molecular weight excluding hydrogens is 202 g/mol. The lowest BCUT2D eigenvalue weighted by Crippen LogP contribution is -2.09. The van der Waals surface area contributed by atoms with E-state index in [1.807, 2.05) is 0 Å². The Morgan fingerprint density at radius 1 is 1.13 bits per heavy atom. The number of benzene rings is 1. The van der Waals surface area contributed by atoms with E-state index < -0.39 is 0 Å². The molecule has 1 aromatic rings. The van der Waals surface area contributed by atoms with Crippen LogP contribution in [-0.4, -0.2) is 0 Å². The lowest BCUT2D eigenvalue weighted by atomic mass is 10.0. The van der Waals surface area contributed by atoms with E-state index in [4.69, 9.17) is 0 Å². The van der Waals surface area contributed by atoms with Gasteiger partial charge in [-0.3, -0.25) is 0 Å². The van der Waals surface area contributed by atoms with Crippen molar-refractivity contribution >= 4 is 17.5 Å². The number of nitrogens with one attached hydrogen (secondary N) is 1. The van der Waals surface area contributed by atoms with Crippen LogP contribution in [0.1, 0.15) is 18.4 Å². The fraction of sp³-hybridized carbons (Fsp3) is 0.231. The van der Waals surface area contributed by atoms with Gasteiger partial charge >= 0.3 is 0 Å². The highest BCUT2D eigenvalue weighted by molar-refractivity contribution is 8.00. The van der Waals surface area contributed by atoms with Gasteiger partial charge in [0, 0.05) is 17.2 Å². The average molecular weight is 215 g/mol. The van der Waals surface area contributed by atoms with Crippen molar-refractivity contribution in [2.24, 2.45) is 5.92 Å². The summed E-state index contributed by atoms with van der Waals surface area (Å²) in [6, 6.07) is 10.6. The first-order valence-corrected chi connectivity index (χ1v) is 6.21. The molecule has 0 bridgehead atoms. The van der Waals surface area contributed by atoms with Crippen LogP contribution in [0.3, 0.4) is 0 Å². The summed E-state index contributed by atoms with van der Waals surface area (Å²) in [4.78, 5) is 0. The zero-order valence-corrected chi connectivity index (χ0v) is 9.26. The standard InChI is InChI=1S/C13H13NS/c1-2-4-10(5-3-1)12-8-9-15-14-13(12)11-6-7-11/h1-5,8-9,11,14H,6-7H2. The van der Waals surface area contributed by atoms with Crippen LogP contribution in [0.15, 0.2) is 47.5 Å². The van der Waals surface area contributed by atoms with Crippen molar-refractivity contribution in [2.75, 3.05) is 0 Å². The van der Waals surface area contributed by atoms with Gasteiger partial charge in [0.15, 0.2) is 0 Å². The molecule has 15 heavy (non-hydrogen) atoms. The maximum Gasteiger partial charge on any atom is 0.0323 e. The Bertz CT molecular complexity index is 415. The van der Waals surface area contributed by atoms with Crippen LogP contribution < -0.4 is 4.72 Å². The maximum absolute atomic E-state index is 3.44. The fourth-order valence-corrected chi connectivity index (χ4v) is 2.56. The molecule has 0 unspecified atom stereocenters. The van der Waals surface area contributed by atoms with Crippen molar-refractivity contribution in [3.05, 3.63) is 53.1 Å². The monoisotopic (exact) mass is 215 g/mol. The molecule has 0 spiro atoms. The third kappa shape index (κ3) is 1.82. The second kappa shape index (κ2) is 3.78. The third-order valence-corrected chi connectivity index (χ3v) is 3.44. The Balaban J connectivity index is 2.04. The highest BCUT2D eigenvalue weighted by Crippen LogP contribution is 2.41. The van der Waals surface area contributed by atoms with Gasteiger partial charge in [-0.05, 0) is 41.8 Å². The Morgan fingerprint density at radius 3 is 2.67 bits per heavy atom. The minimum atomic E-state index is 0.776. The van der Waals surface area contributed by atoms with E-state index in [1.54, 1.807) is 11.9 Å². The molecule has 0 amide bonds. The van der Waals surface area contributed by atoms with Crippen molar-refractivity contribution in [1.29, 1.82) is 0 Å². The van der Waals surface area contributed by atoms with Crippen LogP contribution in [0.25, 0.3) is 5.57 Å². The van der Waals surface area contributed by atoms with Gasteiger partial charge in [0.1, 0.15) is 0 Å². The molecule has 2 heteroatoms. The van der Waals surface area contributed by atoms with Crippen LogP contribution in [-0.2, 0) is 0 Å². The van der Waals surface area contributed by atoms with Crippen LogP contribution in [0.5, 0.6) is 0 Å². The minimum Gasteiger partial charge on any atom is -0.329 e. The first-order chi connectivity index (χ1) is 7.45. The minimum absolute atomic E-state index is 0.776. The quantitative estimate of drug-likeness (QED) is 0.757. The van der Waals surface area contributed by atoms with E-state index in [0.717, 1.165) is 5.92 Å². The lowest BCUT2D eigenvalue weighted by molar-refractivity contribution is 0.945. The van der Waals surface area contributed by atoms with Gasteiger partial charge in [-0.1, -0.05) is 30.3 Å². The molecule has 0 radical (unpaired) electrons. The molecule has 1 saturated carbocycles. The molecule has 76 valence electrons. The molecule has 3 rings (SSSR count). The summed E-state index contributed by atoms with van der Waals surface area (Å²) in [5, 5.41) is 2.12. The predicted octanol–water partition coefficient (Wildman–Crippen LogP) is 3.57. The summed E-state index contributed by atoms with van der Waals surface area (Å²) in [5.74, 6) is 0.776. The molecule has 1 aliphatic carbocycles. The molecule has 2 aliphatic rings. The molecular formula is C13H13NS. The van der Waals surface area contributed by atoms with Crippen molar-refractivity contribution in [3.63, 3.8) is 0 Å². The molecule has 1 aromatic carbocycles. The van der Waals surface area contributed by atoms with Gasteiger partial charge < -0.3 is 4.72 Å². The zero-order chi connectivity index (χ0) is 10.1. The summed E-state index contributed by atoms with van der Waals surface area (Å²) in [6.45, 7) is 0. The summed E-state index contributed by atoms with van der Waals surface area (Å²) in [6.07, 6.45) is 4.91. The molecule has 1 heterocycles. The van der Waals surface area contributed by atoms with Gasteiger partial charge in [0.05, 0.1) is 0 Å². The first-order valence-electron chi connectivity index (χ1n) is 5.33. The molecule has 1 N–H and O–H groups in total. The highest BCUT2D eigenvalue weighted by atomic mass is 32.2. The lowest BCUT2D eigenvalue weighted by Gasteiger charge is -2.17. The van der Waals surface area contributed by atoms with Gasteiger partial charge in [0.25, 0.3) is 0 Å². The first kappa shape index (κ1) is 9.10. The normalized spacial score (nSPS) is 20.3. The van der Waals surface area contributed by atoms with E-state index in [0.29, 0.717) is 0 Å². The topological polar surface area (TPSA) is 12.0 Å². The summed E-state index contributed by atoms with van der Waals surface area (Å²) in [5.41, 5.74) is 4.12. The number of rotatable bonds is 2. The van der Waals surface area contributed by atoms with Gasteiger partial charge in [0.2, 0.25) is 0 Å². The zero-order valence-electron chi connectivity index (χ0n) is 8.44. The Kier molecular flexibility index (Phi) is 2.29. The second-order valence-corrected chi connectivity index (χ2v) is 4.70. The third-order valence-electron chi connectivity index (χ3n) is 2.83. The van der Waals surface area contributed by atoms with Crippen molar-refractivity contribution in [2.45, 2.75) is 12.8 Å². The molecule has 0 saturated heterocycles. The van der Waals surface area contributed by atoms with Crippen LogP contribution in [0.4, 0.5) is 0 Å². The second-order valence-electron chi connectivity index (χ2n) is 3.99. The fourth-order valence-electron chi connectivity index (χ4n) is 1.89. The van der Waals surface area contributed by atoms with Crippen molar-refractivity contribution < 1.29 is 0 Å². The van der Waals surface area contributed by atoms with Gasteiger partial charge in [-0.25, -0.2) is 0 Å². The number of allylic oxidation sites excluding steroid dienone is 3. The van der Waals surface area contributed by atoms with E-state index in [1.165, 1.54) is 29.7 Å². The smallest absolute Gasteiger partial charge is 0.0323 e. The highest BCUT2D eigenvalue weighted by Gasteiger charge is 2.29. The van der Waals surface area contributed by atoms with Crippen LogP contribution >= 0.6 is 11.9 Å². The molecule has 0 aromatic heterocycles. The van der Waals surface area contributed by atoms with E-state index in [2.05, 4.69) is 46.5 Å². The number of hydrogen-bond donors (Lipinski definition) is 1. The van der Waals surface area contributed by atoms with Crippen LogP contribution in [0.2, 0.25) is 0 Å². The largest absolute Gasteiger partial charge is 0.329 e. The Labute approximate surface area is 94.4 Å². The molecule has 0 atom stereocenters. The SMILES string of the molecule is C1=CC(c2ccccc2)=C(C2CC2)NS1. The van der Waals surface area contributed by atoms with Gasteiger partial charge in [-0.15, -0.1) is 0 Å². The predicted molar refractivity (Wildman–Crippen MR) is 66.0 cm³/mol. The van der Waals surface area contributed by atoms with Crippen molar-refractivity contribution in [3.8, 4) is 0 Å². The Hall–Kier alpha value is -1.15. The molecule has 1 aliphatic heterocycles. The number of hydrogen-bond acceptors (Lipinski definition) is 2. The summed E-state index contributed by atoms with van der Waals surface area (Å²) >= 11 is 1.68. The van der Waals surface area contributed by atoms with Crippen LogP contribution in [0, 0.1) is 5.92 Å². The van der Waals surface area contributed by atoms with Gasteiger partial charge in [-0.2, -0.15) is 0 Å². The van der Waals surface area contributed by atoms with E-state index in [-0.39, 0.29) is 0 Å². The van der Waals surface area contributed by atoms with E-state index >= 15 is 0 Å². The van der Waals surface area contributed by atoms with Crippen molar-refractivity contribution in [1.82, 2.24) is 4.72 Å². The molecule has 1 nitrogen and oxygen atoms in total. The van der Waals surface area contributed by atoms with E-state index in [9.17, 15) is 0 Å².